The highest BCUT2D eigenvalue weighted by Gasteiger charge is 2.33. The third kappa shape index (κ3) is 4.26. The molecule has 1 saturated heterocycles. The van der Waals surface area contributed by atoms with E-state index in [-0.39, 0.29) is 17.9 Å². The van der Waals surface area contributed by atoms with Gasteiger partial charge in [-0.15, -0.1) is 0 Å². The molecule has 6 nitrogen and oxygen atoms in total. The fourth-order valence-electron chi connectivity index (χ4n) is 2.39. The second kappa shape index (κ2) is 6.42. The molecular weight excluding hydrogens is 284 g/mol. The number of rotatable bonds is 3. The molecule has 0 bridgehead atoms. The molecule has 0 radical (unpaired) electrons. The highest BCUT2D eigenvalue weighted by Crippen LogP contribution is 2.20. The van der Waals surface area contributed by atoms with E-state index in [9.17, 15) is 9.59 Å². The highest BCUT2D eigenvalue weighted by atomic mass is 16.6. The lowest BCUT2D eigenvalue weighted by molar-refractivity contribution is -0.124. The van der Waals surface area contributed by atoms with Crippen LogP contribution in [-0.4, -0.2) is 35.6 Å². The van der Waals surface area contributed by atoms with Crippen molar-refractivity contribution in [3.05, 3.63) is 23.7 Å². The Morgan fingerprint density at radius 2 is 2.18 bits per heavy atom. The zero-order chi connectivity index (χ0) is 16.3. The third-order valence-electron chi connectivity index (χ3n) is 3.63. The van der Waals surface area contributed by atoms with Gasteiger partial charge in [-0.3, -0.25) is 4.79 Å². The summed E-state index contributed by atoms with van der Waals surface area (Å²) in [6.45, 7) is 8.77. The summed E-state index contributed by atoms with van der Waals surface area (Å²) in [6, 6.07) is 1.84. The molecule has 2 amide bonds. The standard InChI is InChI=1S/C16H24N2O4/c1-11-12(6-8-21-11)9-17-14(19)13-5-7-18(10-13)15(20)22-16(2,3)4/h6,8,13H,5,7,9-10H2,1-4H3,(H,17,19)/t13-/m0/s1. The van der Waals surface area contributed by atoms with Crippen LogP contribution >= 0.6 is 0 Å². The van der Waals surface area contributed by atoms with E-state index in [0.717, 1.165) is 11.3 Å². The highest BCUT2D eigenvalue weighted by molar-refractivity contribution is 5.80. The molecule has 1 aromatic heterocycles. The van der Waals surface area contributed by atoms with E-state index in [1.165, 1.54) is 0 Å². The molecule has 2 heterocycles. The van der Waals surface area contributed by atoms with Gasteiger partial charge in [0.2, 0.25) is 5.91 Å². The quantitative estimate of drug-likeness (QED) is 0.931. The van der Waals surface area contributed by atoms with E-state index in [0.29, 0.717) is 26.1 Å². The topological polar surface area (TPSA) is 71.8 Å². The molecule has 6 heteroatoms. The molecule has 0 aromatic carbocycles. The van der Waals surface area contributed by atoms with E-state index >= 15 is 0 Å². The minimum Gasteiger partial charge on any atom is -0.469 e. The Kier molecular flexibility index (Phi) is 4.78. The first kappa shape index (κ1) is 16.4. The van der Waals surface area contributed by atoms with Crippen molar-refractivity contribution >= 4 is 12.0 Å². The second-order valence-corrected chi connectivity index (χ2v) is 6.63. The number of nitrogens with zero attached hydrogens (tertiary/aromatic N) is 1. The molecule has 1 atom stereocenters. The summed E-state index contributed by atoms with van der Waals surface area (Å²) in [5.41, 5.74) is 0.450. The normalized spacial score (nSPS) is 18.4. The molecule has 1 fully saturated rings. The number of likely N-dealkylation sites (tertiary alicyclic amines) is 1. The van der Waals surface area contributed by atoms with Gasteiger partial charge in [0.15, 0.2) is 0 Å². The fraction of sp³-hybridized carbons (Fsp3) is 0.625. The molecule has 0 unspecified atom stereocenters. The lowest BCUT2D eigenvalue weighted by Crippen LogP contribution is -2.37. The average molecular weight is 308 g/mol. The minimum absolute atomic E-state index is 0.0355. The number of hydrogen-bond acceptors (Lipinski definition) is 4. The molecule has 0 spiro atoms. The summed E-state index contributed by atoms with van der Waals surface area (Å²) in [5, 5.41) is 2.90. The second-order valence-electron chi connectivity index (χ2n) is 6.63. The number of carbonyl (C=O) groups is 2. The van der Waals surface area contributed by atoms with Crippen molar-refractivity contribution < 1.29 is 18.7 Å². The Morgan fingerprint density at radius 3 is 2.77 bits per heavy atom. The maximum Gasteiger partial charge on any atom is 0.410 e. The van der Waals surface area contributed by atoms with Gasteiger partial charge >= 0.3 is 6.09 Å². The van der Waals surface area contributed by atoms with E-state index < -0.39 is 5.60 Å². The van der Waals surface area contributed by atoms with Crippen molar-refractivity contribution in [1.82, 2.24) is 10.2 Å². The average Bonchev–Trinajstić information content (AvgIpc) is 3.03. The smallest absolute Gasteiger partial charge is 0.410 e. The Labute approximate surface area is 130 Å². The molecule has 1 aliphatic heterocycles. The predicted molar refractivity (Wildman–Crippen MR) is 81.2 cm³/mol. The Balaban J connectivity index is 1.81. The third-order valence-corrected chi connectivity index (χ3v) is 3.63. The van der Waals surface area contributed by atoms with Crippen LogP contribution in [0.3, 0.4) is 0 Å². The van der Waals surface area contributed by atoms with Crippen molar-refractivity contribution in [2.24, 2.45) is 5.92 Å². The lowest BCUT2D eigenvalue weighted by atomic mass is 10.1. The van der Waals surface area contributed by atoms with Gasteiger partial charge in [0.1, 0.15) is 11.4 Å². The Hall–Kier alpha value is -1.98. The number of ether oxygens (including phenoxy) is 1. The van der Waals surface area contributed by atoms with Gasteiger partial charge < -0.3 is 19.4 Å². The van der Waals surface area contributed by atoms with Crippen LogP contribution in [0.15, 0.2) is 16.7 Å². The van der Waals surface area contributed by atoms with E-state index in [1.807, 2.05) is 33.8 Å². The van der Waals surface area contributed by atoms with Crippen molar-refractivity contribution in [2.75, 3.05) is 13.1 Å². The first-order valence-corrected chi connectivity index (χ1v) is 7.55. The van der Waals surface area contributed by atoms with Crippen LogP contribution in [0.25, 0.3) is 0 Å². The number of furan rings is 1. The number of hydrogen-bond donors (Lipinski definition) is 1. The molecule has 1 aliphatic rings. The Morgan fingerprint density at radius 1 is 1.45 bits per heavy atom. The van der Waals surface area contributed by atoms with Crippen molar-refractivity contribution in [3.8, 4) is 0 Å². The van der Waals surface area contributed by atoms with Gasteiger partial charge in [0.25, 0.3) is 0 Å². The van der Waals surface area contributed by atoms with E-state index in [4.69, 9.17) is 9.15 Å². The Bertz CT molecular complexity index is 545. The van der Waals surface area contributed by atoms with Gasteiger partial charge in [-0.05, 0) is 40.2 Å². The monoisotopic (exact) mass is 308 g/mol. The van der Waals surface area contributed by atoms with Crippen molar-refractivity contribution in [1.29, 1.82) is 0 Å². The zero-order valence-corrected chi connectivity index (χ0v) is 13.6. The fourth-order valence-corrected chi connectivity index (χ4v) is 2.39. The van der Waals surface area contributed by atoms with E-state index in [2.05, 4.69) is 5.32 Å². The molecule has 22 heavy (non-hydrogen) atoms. The zero-order valence-electron chi connectivity index (χ0n) is 13.6. The van der Waals surface area contributed by atoms with Gasteiger partial charge in [0, 0.05) is 25.2 Å². The number of nitrogens with one attached hydrogen (secondary N) is 1. The van der Waals surface area contributed by atoms with Crippen LogP contribution in [0.1, 0.15) is 38.5 Å². The predicted octanol–water partition coefficient (Wildman–Crippen LogP) is 2.46. The van der Waals surface area contributed by atoms with Crippen LogP contribution in [0.4, 0.5) is 4.79 Å². The summed E-state index contributed by atoms with van der Waals surface area (Å²) >= 11 is 0. The first-order valence-electron chi connectivity index (χ1n) is 7.55. The van der Waals surface area contributed by atoms with Gasteiger partial charge in [0.05, 0.1) is 12.2 Å². The molecule has 1 N–H and O–H groups in total. The van der Waals surface area contributed by atoms with E-state index in [1.54, 1.807) is 11.2 Å². The molecular formula is C16H24N2O4. The molecule has 1 aromatic rings. The molecule has 0 aliphatic carbocycles. The SMILES string of the molecule is Cc1occc1CNC(=O)[C@H]1CCN(C(=O)OC(C)(C)C)C1. The largest absolute Gasteiger partial charge is 0.469 e. The molecule has 2 rings (SSSR count). The summed E-state index contributed by atoms with van der Waals surface area (Å²) in [5.74, 6) is 0.591. The number of carbonyl (C=O) groups excluding carboxylic acids is 2. The summed E-state index contributed by atoms with van der Waals surface area (Å²) < 4.78 is 10.5. The van der Waals surface area contributed by atoms with Gasteiger partial charge in [-0.25, -0.2) is 4.79 Å². The summed E-state index contributed by atoms with van der Waals surface area (Å²) in [6.07, 6.45) is 1.92. The minimum atomic E-state index is -0.518. The van der Waals surface area contributed by atoms with Crippen LogP contribution in [0.5, 0.6) is 0 Å². The summed E-state index contributed by atoms with van der Waals surface area (Å²) in [7, 11) is 0. The maximum absolute atomic E-state index is 12.2. The number of amides is 2. The molecule has 0 saturated carbocycles. The van der Waals surface area contributed by atoms with Gasteiger partial charge in [-0.1, -0.05) is 0 Å². The van der Waals surface area contributed by atoms with Gasteiger partial charge in [-0.2, -0.15) is 0 Å². The van der Waals surface area contributed by atoms with Crippen LogP contribution < -0.4 is 5.32 Å². The lowest BCUT2D eigenvalue weighted by Gasteiger charge is -2.24. The van der Waals surface area contributed by atoms with Crippen molar-refractivity contribution in [2.45, 2.75) is 46.3 Å². The molecule has 122 valence electrons. The summed E-state index contributed by atoms with van der Waals surface area (Å²) in [4.78, 5) is 25.8. The van der Waals surface area contributed by atoms with Crippen LogP contribution in [-0.2, 0) is 16.1 Å². The maximum atomic E-state index is 12.2. The van der Waals surface area contributed by atoms with Crippen LogP contribution in [0, 0.1) is 12.8 Å². The van der Waals surface area contributed by atoms with Crippen LogP contribution in [0.2, 0.25) is 0 Å². The first-order chi connectivity index (χ1) is 10.3. The number of aryl methyl sites for hydroxylation is 1. The van der Waals surface area contributed by atoms with Crippen molar-refractivity contribution in [3.63, 3.8) is 0 Å².